The van der Waals surface area contributed by atoms with Crippen LogP contribution in [0.25, 0.3) is 0 Å². The average Bonchev–Trinajstić information content (AvgIpc) is 2.66. The maximum Gasteiger partial charge on any atom is 0.257 e. The van der Waals surface area contributed by atoms with Gasteiger partial charge in [-0.2, -0.15) is 0 Å². The first-order chi connectivity index (χ1) is 12.7. The molecule has 26 heavy (non-hydrogen) atoms. The van der Waals surface area contributed by atoms with Crippen LogP contribution in [0.15, 0.2) is 67.0 Å². The summed E-state index contributed by atoms with van der Waals surface area (Å²) in [6.07, 6.45) is 3.22. The molecule has 0 radical (unpaired) electrons. The third kappa shape index (κ3) is 4.39. The summed E-state index contributed by atoms with van der Waals surface area (Å²) in [6, 6.07) is 17.1. The molecule has 2 aromatic carbocycles. The van der Waals surface area contributed by atoms with Crippen molar-refractivity contribution in [1.29, 1.82) is 0 Å². The number of rotatable bonds is 6. The summed E-state index contributed by atoms with van der Waals surface area (Å²) < 4.78 is 5.61. The molecule has 0 unspecified atom stereocenters. The first kappa shape index (κ1) is 17.5. The summed E-state index contributed by atoms with van der Waals surface area (Å²) in [6.45, 7) is 4.52. The molecule has 5 heteroatoms. The van der Waals surface area contributed by atoms with Crippen LogP contribution in [0.3, 0.4) is 0 Å². The van der Waals surface area contributed by atoms with Crippen LogP contribution in [-0.2, 0) is 0 Å². The number of benzene rings is 2. The Labute approximate surface area is 153 Å². The molecule has 0 saturated carbocycles. The number of para-hydroxylation sites is 2. The van der Waals surface area contributed by atoms with Crippen LogP contribution in [-0.4, -0.2) is 17.5 Å². The fourth-order valence-electron chi connectivity index (χ4n) is 2.48. The van der Waals surface area contributed by atoms with E-state index in [1.54, 1.807) is 18.5 Å². The minimum absolute atomic E-state index is 0.205. The van der Waals surface area contributed by atoms with Crippen LogP contribution >= 0.6 is 0 Å². The van der Waals surface area contributed by atoms with E-state index in [0.29, 0.717) is 17.9 Å². The number of nitrogens with zero attached hydrogens (tertiary/aromatic N) is 1. The number of aromatic nitrogens is 1. The van der Waals surface area contributed by atoms with E-state index in [1.807, 2.05) is 62.4 Å². The molecule has 1 amide bonds. The molecule has 3 rings (SSSR count). The zero-order valence-corrected chi connectivity index (χ0v) is 14.8. The van der Waals surface area contributed by atoms with E-state index in [-0.39, 0.29) is 5.91 Å². The Bertz CT molecular complexity index is 892. The quantitative estimate of drug-likeness (QED) is 0.673. The third-order valence-electron chi connectivity index (χ3n) is 3.78. The summed E-state index contributed by atoms with van der Waals surface area (Å²) in [7, 11) is 0. The Morgan fingerprint density at radius 1 is 1.04 bits per heavy atom. The Morgan fingerprint density at radius 2 is 1.81 bits per heavy atom. The Hall–Kier alpha value is -3.34. The molecule has 3 aromatic rings. The number of hydrogen-bond acceptors (Lipinski definition) is 4. The van der Waals surface area contributed by atoms with Crippen LogP contribution < -0.4 is 15.4 Å². The normalized spacial score (nSPS) is 10.2. The molecule has 0 bridgehead atoms. The molecule has 0 aliphatic rings. The molecule has 0 aliphatic carbocycles. The number of carbonyl (C=O) groups is 1. The van der Waals surface area contributed by atoms with Gasteiger partial charge in [-0.1, -0.05) is 29.8 Å². The topological polar surface area (TPSA) is 63.2 Å². The van der Waals surface area contributed by atoms with Gasteiger partial charge < -0.3 is 15.4 Å². The SMILES string of the molecule is CCOc1ccccc1Nc1cncc(C(=O)Nc2ccc(C)cc2)c1. The Kier molecular flexibility index (Phi) is 5.49. The van der Waals surface area contributed by atoms with Crippen LogP contribution in [0.1, 0.15) is 22.8 Å². The van der Waals surface area contributed by atoms with Crippen molar-refractivity contribution in [2.45, 2.75) is 13.8 Å². The number of pyridine rings is 1. The van der Waals surface area contributed by atoms with Gasteiger partial charge in [0, 0.05) is 11.9 Å². The van der Waals surface area contributed by atoms with E-state index in [1.165, 1.54) is 0 Å². The van der Waals surface area contributed by atoms with E-state index in [9.17, 15) is 4.79 Å². The highest BCUT2D eigenvalue weighted by atomic mass is 16.5. The van der Waals surface area contributed by atoms with Crippen molar-refractivity contribution in [3.63, 3.8) is 0 Å². The Balaban J connectivity index is 1.76. The fourth-order valence-corrected chi connectivity index (χ4v) is 2.48. The molecule has 0 fully saturated rings. The zero-order chi connectivity index (χ0) is 18.4. The molecule has 1 heterocycles. The summed E-state index contributed by atoms with van der Waals surface area (Å²) in [5.74, 6) is 0.549. The second-order valence-electron chi connectivity index (χ2n) is 5.84. The molecular formula is C21H21N3O2. The van der Waals surface area contributed by atoms with Crippen molar-refractivity contribution >= 4 is 23.0 Å². The van der Waals surface area contributed by atoms with Gasteiger partial charge in [-0.05, 0) is 44.2 Å². The molecule has 5 nitrogen and oxygen atoms in total. The average molecular weight is 347 g/mol. The van der Waals surface area contributed by atoms with Crippen LogP contribution in [0.5, 0.6) is 5.75 Å². The minimum Gasteiger partial charge on any atom is -0.492 e. The molecular weight excluding hydrogens is 326 g/mol. The lowest BCUT2D eigenvalue weighted by atomic mass is 10.2. The molecule has 1 aromatic heterocycles. The molecule has 0 saturated heterocycles. The minimum atomic E-state index is -0.205. The van der Waals surface area contributed by atoms with Crippen LogP contribution in [0.4, 0.5) is 17.1 Å². The monoisotopic (exact) mass is 347 g/mol. The Morgan fingerprint density at radius 3 is 2.58 bits per heavy atom. The zero-order valence-electron chi connectivity index (χ0n) is 14.8. The molecule has 0 spiro atoms. The standard InChI is InChI=1S/C21H21N3O2/c1-3-26-20-7-5-4-6-19(20)23-18-12-16(13-22-14-18)21(25)24-17-10-8-15(2)9-11-17/h4-14,23H,3H2,1-2H3,(H,24,25). The maximum atomic E-state index is 12.5. The van der Waals surface area contributed by atoms with Crippen molar-refractivity contribution in [1.82, 2.24) is 4.98 Å². The number of hydrogen-bond donors (Lipinski definition) is 2. The summed E-state index contributed by atoms with van der Waals surface area (Å²) in [5.41, 5.74) is 3.91. The molecule has 132 valence electrons. The van der Waals surface area contributed by atoms with Gasteiger partial charge in [0.15, 0.2) is 0 Å². The number of anilines is 3. The van der Waals surface area contributed by atoms with Gasteiger partial charge in [0.1, 0.15) is 5.75 Å². The first-order valence-corrected chi connectivity index (χ1v) is 8.47. The molecule has 2 N–H and O–H groups in total. The second-order valence-corrected chi connectivity index (χ2v) is 5.84. The number of amides is 1. The van der Waals surface area contributed by atoms with Gasteiger partial charge >= 0.3 is 0 Å². The highest BCUT2D eigenvalue weighted by Crippen LogP contribution is 2.27. The van der Waals surface area contributed by atoms with E-state index in [2.05, 4.69) is 15.6 Å². The number of carbonyl (C=O) groups excluding carboxylic acids is 1. The van der Waals surface area contributed by atoms with Crippen molar-refractivity contribution in [3.05, 3.63) is 78.1 Å². The van der Waals surface area contributed by atoms with Crippen molar-refractivity contribution in [2.75, 3.05) is 17.2 Å². The summed E-state index contributed by atoms with van der Waals surface area (Å²) >= 11 is 0. The van der Waals surface area contributed by atoms with Crippen LogP contribution in [0, 0.1) is 6.92 Å². The smallest absolute Gasteiger partial charge is 0.257 e. The lowest BCUT2D eigenvalue weighted by Gasteiger charge is -2.12. The lowest BCUT2D eigenvalue weighted by Crippen LogP contribution is -2.12. The van der Waals surface area contributed by atoms with Gasteiger partial charge in [-0.15, -0.1) is 0 Å². The van der Waals surface area contributed by atoms with Gasteiger partial charge in [-0.3, -0.25) is 9.78 Å². The lowest BCUT2D eigenvalue weighted by molar-refractivity contribution is 0.102. The number of nitrogens with one attached hydrogen (secondary N) is 2. The van der Waals surface area contributed by atoms with E-state index >= 15 is 0 Å². The summed E-state index contributed by atoms with van der Waals surface area (Å²) in [5, 5.41) is 6.13. The van der Waals surface area contributed by atoms with E-state index < -0.39 is 0 Å². The van der Waals surface area contributed by atoms with Crippen molar-refractivity contribution in [3.8, 4) is 5.75 Å². The second kappa shape index (κ2) is 8.16. The third-order valence-corrected chi connectivity index (χ3v) is 3.78. The van der Waals surface area contributed by atoms with Crippen molar-refractivity contribution < 1.29 is 9.53 Å². The first-order valence-electron chi connectivity index (χ1n) is 8.47. The predicted octanol–water partition coefficient (Wildman–Crippen LogP) is 4.78. The number of aryl methyl sites for hydroxylation is 1. The van der Waals surface area contributed by atoms with Gasteiger partial charge in [0.05, 0.1) is 29.7 Å². The largest absolute Gasteiger partial charge is 0.492 e. The van der Waals surface area contributed by atoms with Gasteiger partial charge in [0.25, 0.3) is 5.91 Å². The summed E-state index contributed by atoms with van der Waals surface area (Å²) in [4.78, 5) is 16.6. The van der Waals surface area contributed by atoms with Gasteiger partial charge in [0.2, 0.25) is 0 Å². The van der Waals surface area contributed by atoms with Crippen molar-refractivity contribution in [2.24, 2.45) is 0 Å². The fraction of sp³-hybridized carbons (Fsp3) is 0.143. The highest BCUT2D eigenvalue weighted by molar-refractivity contribution is 6.04. The predicted molar refractivity (Wildman–Crippen MR) is 104 cm³/mol. The number of ether oxygens (including phenoxy) is 1. The van der Waals surface area contributed by atoms with Gasteiger partial charge in [-0.25, -0.2) is 0 Å². The van der Waals surface area contributed by atoms with E-state index in [4.69, 9.17) is 4.74 Å². The maximum absolute atomic E-state index is 12.5. The van der Waals surface area contributed by atoms with E-state index in [0.717, 1.165) is 22.7 Å². The molecule has 0 atom stereocenters. The highest BCUT2D eigenvalue weighted by Gasteiger charge is 2.09. The molecule has 0 aliphatic heterocycles. The van der Waals surface area contributed by atoms with Crippen LogP contribution in [0.2, 0.25) is 0 Å².